The number of nitrogens with zero attached hydrogens (tertiary/aromatic N) is 4. The molecule has 23 N–H and O–H groups in total. The van der Waals surface area contributed by atoms with Crippen LogP contribution in [-0.2, 0) is 68.7 Å². The Balaban J connectivity index is 1.87. The summed E-state index contributed by atoms with van der Waals surface area (Å²) in [6, 6.07) is -9.51. The van der Waals surface area contributed by atoms with Gasteiger partial charge in [0.2, 0.25) is 59.1 Å². The van der Waals surface area contributed by atoms with Gasteiger partial charge in [0.05, 0.1) is 18.9 Å². The summed E-state index contributed by atoms with van der Waals surface area (Å²) in [6.07, 6.45) is -2.90. The highest BCUT2D eigenvalue weighted by Crippen LogP contribution is 2.23. The van der Waals surface area contributed by atoms with Crippen molar-refractivity contribution >= 4 is 102 Å². The number of amides is 10. The molecule has 482 valence electrons. The van der Waals surface area contributed by atoms with Crippen LogP contribution >= 0.6 is 12.6 Å². The van der Waals surface area contributed by atoms with Gasteiger partial charge in [0.15, 0.2) is 11.9 Å². The Morgan fingerprint density at radius 1 is 0.575 bits per heavy atom. The van der Waals surface area contributed by atoms with Crippen molar-refractivity contribution in [3.63, 3.8) is 0 Å². The van der Waals surface area contributed by atoms with Crippen LogP contribution in [0.5, 0.6) is 5.75 Å². The summed E-state index contributed by atoms with van der Waals surface area (Å²) < 4.78 is 0. The number of nitrogens with two attached hydrogens (primary N) is 6. The summed E-state index contributed by atoms with van der Waals surface area (Å²) in [6.45, 7) is 2.90. The average Bonchev–Trinajstić information content (AvgIpc) is 3.02. The molecule has 1 aromatic rings. The number of aliphatic imine (C=N–C) groups is 2. The van der Waals surface area contributed by atoms with Crippen LogP contribution < -0.4 is 71.6 Å². The van der Waals surface area contributed by atoms with Crippen molar-refractivity contribution in [1.29, 1.82) is 0 Å². The molecule has 0 aliphatic carbocycles. The monoisotopic (exact) mass is 1250 g/mol. The van der Waals surface area contributed by atoms with Crippen molar-refractivity contribution in [1.82, 2.24) is 47.0 Å². The second-order valence-electron chi connectivity index (χ2n) is 21.1. The van der Waals surface area contributed by atoms with E-state index in [-0.39, 0.29) is 107 Å². The molecule has 0 bridgehead atoms. The standard InChI is InChI=1S/C52H81N17O17S/c1-25(2)40(47(82)62-30(15-16-37(54)71)49(84)68-19-5-9-35(68)45(80)66-34(23-39(74)75)44(79)63-31(50(85)86)8-4-18-60-52(57)58)67-46(81)36-10-6-20-69(36)48(83)29(7-3-17-59-51(55)56)61-43(78)33(22-38(72)73)65-42(77)32(64-41(76)28(53)24-87)21-26-11-13-27(70)14-12-26/h11-14,25,28-36,40,70,87H,3-10,15-24,53H2,1-2H3,(H2,54,71)(H,61,78)(H,62,82)(H,63,79)(H,64,76)(H,65,77)(H,66,80)(H,67,81)(H,72,73)(H,74,75)(H,85,86)(H4,55,56,59)(H4,57,58,60)/t28-,29-,30-,31-,32-,33-,34-,35-,36-,40-/m0/s1. The molecular formula is C52H81N17O17S. The van der Waals surface area contributed by atoms with Crippen LogP contribution in [-0.4, -0.2) is 211 Å². The van der Waals surface area contributed by atoms with Gasteiger partial charge in [-0.3, -0.25) is 67.5 Å². The summed E-state index contributed by atoms with van der Waals surface area (Å²) in [5, 5.41) is 56.0. The first kappa shape index (κ1) is 72.2. The van der Waals surface area contributed by atoms with E-state index in [9.17, 15) is 82.8 Å². The molecule has 1 aromatic carbocycles. The van der Waals surface area contributed by atoms with Gasteiger partial charge >= 0.3 is 17.9 Å². The minimum atomic E-state index is -1.87. The van der Waals surface area contributed by atoms with E-state index < -0.39 is 169 Å². The number of guanidine groups is 2. The van der Waals surface area contributed by atoms with Gasteiger partial charge in [-0.15, -0.1) is 0 Å². The largest absolute Gasteiger partial charge is 0.508 e. The molecule has 10 amide bonds. The second-order valence-corrected chi connectivity index (χ2v) is 21.4. The highest BCUT2D eigenvalue weighted by molar-refractivity contribution is 7.80. The summed E-state index contributed by atoms with van der Waals surface area (Å²) >= 11 is 4.02. The van der Waals surface area contributed by atoms with Crippen molar-refractivity contribution in [2.24, 2.45) is 50.3 Å². The molecular weight excluding hydrogens is 1170 g/mol. The Bertz CT molecular complexity index is 2710. The molecule has 0 spiro atoms. The summed E-state index contributed by atoms with van der Waals surface area (Å²) in [4.78, 5) is 184. The zero-order valence-electron chi connectivity index (χ0n) is 48.2. The number of carboxylic acids is 3. The van der Waals surface area contributed by atoms with E-state index in [0.29, 0.717) is 5.56 Å². The first-order valence-corrected chi connectivity index (χ1v) is 28.5. The average molecular weight is 1250 g/mol. The van der Waals surface area contributed by atoms with E-state index in [1.54, 1.807) is 13.8 Å². The molecule has 2 saturated heterocycles. The number of aliphatic carboxylic acids is 3. The van der Waals surface area contributed by atoms with Crippen molar-refractivity contribution in [2.45, 2.75) is 158 Å². The number of phenolic OH excluding ortho intramolecular Hbond substituents is 1. The number of carbonyl (C=O) groups is 13. The van der Waals surface area contributed by atoms with Crippen molar-refractivity contribution in [3.8, 4) is 5.75 Å². The Hall–Kier alpha value is -9.02. The lowest BCUT2D eigenvalue weighted by atomic mass is 10.0. The molecule has 35 heteroatoms. The molecule has 0 radical (unpaired) electrons. The van der Waals surface area contributed by atoms with Gasteiger partial charge in [-0.25, -0.2) is 4.79 Å². The van der Waals surface area contributed by atoms with Crippen molar-refractivity contribution in [3.05, 3.63) is 29.8 Å². The van der Waals surface area contributed by atoms with Gasteiger partial charge in [0, 0.05) is 44.8 Å². The molecule has 34 nitrogen and oxygen atoms in total. The number of likely N-dealkylation sites (tertiary alicyclic amines) is 2. The molecule has 10 atom stereocenters. The van der Waals surface area contributed by atoms with E-state index in [2.05, 4.69) is 59.8 Å². The molecule has 3 rings (SSSR count). The molecule has 2 heterocycles. The maximum absolute atomic E-state index is 14.6. The van der Waals surface area contributed by atoms with E-state index >= 15 is 0 Å². The number of hydrogen-bond acceptors (Lipinski definition) is 18. The van der Waals surface area contributed by atoms with Crippen LogP contribution in [0.2, 0.25) is 0 Å². The summed E-state index contributed by atoms with van der Waals surface area (Å²) in [7, 11) is 0. The molecule has 2 fully saturated rings. The fraction of sp³-hybridized carbons (Fsp3) is 0.596. The number of thiol groups is 1. The predicted molar refractivity (Wildman–Crippen MR) is 312 cm³/mol. The smallest absolute Gasteiger partial charge is 0.326 e. The third-order valence-electron chi connectivity index (χ3n) is 13.9. The van der Waals surface area contributed by atoms with Crippen molar-refractivity contribution in [2.75, 3.05) is 31.9 Å². The van der Waals surface area contributed by atoms with Gasteiger partial charge in [0.1, 0.15) is 60.1 Å². The molecule has 0 saturated carbocycles. The van der Waals surface area contributed by atoms with E-state index in [0.717, 1.165) is 9.80 Å². The SMILES string of the molecule is CC(C)[C@H](NC(=O)[C@@H]1CCCN1C(=O)[C@H](CCCN=C(N)N)NC(=O)[C@H](CC(=O)O)NC(=O)[C@H](Cc1ccc(O)cc1)NC(=O)[C@@H](N)CS)C(=O)N[C@@H](CCC(N)=O)C(=O)N1CCC[C@H]1C(=O)N[C@@H](CC(=O)O)C(=O)N[C@@H](CCCN=C(N)N)C(=O)O. The van der Waals surface area contributed by atoms with Gasteiger partial charge in [-0.1, -0.05) is 26.0 Å². The van der Waals surface area contributed by atoms with Crippen LogP contribution in [0.4, 0.5) is 0 Å². The topological polar surface area (TPSA) is 574 Å². The minimum absolute atomic E-state index is 0.00942. The summed E-state index contributed by atoms with van der Waals surface area (Å²) in [5.41, 5.74) is 33.3. The molecule has 2 aliphatic heterocycles. The number of carbonyl (C=O) groups excluding carboxylic acids is 10. The molecule has 2 aliphatic rings. The van der Waals surface area contributed by atoms with Crippen LogP contribution in [0.25, 0.3) is 0 Å². The van der Waals surface area contributed by atoms with Crippen LogP contribution in [0.1, 0.15) is 96.5 Å². The normalized spacial score (nSPS) is 17.3. The lowest BCUT2D eigenvalue weighted by Crippen LogP contribution is -2.61. The Morgan fingerprint density at radius 3 is 1.46 bits per heavy atom. The number of rotatable bonds is 36. The van der Waals surface area contributed by atoms with Gasteiger partial charge in [0.25, 0.3) is 0 Å². The zero-order valence-corrected chi connectivity index (χ0v) is 49.1. The van der Waals surface area contributed by atoms with Crippen LogP contribution in [0.15, 0.2) is 34.3 Å². The first-order chi connectivity index (χ1) is 40.9. The van der Waals surface area contributed by atoms with Gasteiger partial charge < -0.3 is 102 Å². The quantitative estimate of drug-likeness (QED) is 0.0129. The predicted octanol–water partition coefficient (Wildman–Crippen LogP) is -6.37. The fourth-order valence-electron chi connectivity index (χ4n) is 9.41. The Labute approximate surface area is 505 Å². The molecule has 87 heavy (non-hydrogen) atoms. The number of aromatic hydroxyl groups is 1. The maximum atomic E-state index is 14.6. The maximum Gasteiger partial charge on any atom is 0.326 e. The zero-order chi connectivity index (χ0) is 65.2. The van der Waals surface area contributed by atoms with E-state index in [1.165, 1.54) is 24.3 Å². The third-order valence-corrected chi connectivity index (χ3v) is 14.3. The lowest BCUT2D eigenvalue weighted by Gasteiger charge is -2.32. The number of phenols is 1. The van der Waals surface area contributed by atoms with Crippen LogP contribution in [0, 0.1) is 5.92 Å². The highest BCUT2D eigenvalue weighted by atomic mass is 32.1. The van der Waals surface area contributed by atoms with Gasteiger partial charge in [-0.05, 0) is 81.4 Å². The number of carboxylic acid groups (broad SMARTS) is 3. The first-order valence-electron chi connectivity index (χ1n) is 27.9. The number of nitrogens with one attached hydrogen (secondary N) is 7. The summed E-state index contributed by atoms with van der Waals surface area (Å²) in [5.74, 6) is -15.7. The molecule has 0 unspecified atom stereocenters. The second kappa shape index (κ2) is 35.4. The van der Waals surface area contributed by atoms with E-state index in [1.807, 2.05) is 0 Å². The molecule has 0 aromatic heterocycles. The van der Waals surface area contributed by atoms with Crippen molar-refractivity contribution < 1.29 is 82.8 Å². The Morgan fingerprint density at radius 2 is 1.00 bits per heavy atom. The fourth-order valence-corrected chi connectivity index (χ4v) is 9.58. The highest BCUT2D eigenvalue weighted by Gasteiger charge is 2.43. The number of primary amides is 1. The Kier molecular flexibility index (Phi) is 29.4. The van der Waals surface area contributed by atoms with E-state index in [4.69, 9.17) is 34.4 Å². The number of hydrogen-bond donors (Lipinski definition) is 18. The third kappa shape index (κ3) is 24.1. The van der Waals surface area contributed by atoms with Gasteiger partial charge in [-0.2, -0.15) is 12.6 Å². The number of benzene rings is 1. The lowest BCUT2D eigenvalue weighted by molar-refractivity contribution is -0.145. The van der Waals surface area contributed by atoms with Crippen LogP contribution in [0.3, 0.4) is 0 Å². The minimum Gasteiger partial charge on any atom is -0.508 e.